The van der Waals surface area contributed by atoms with Gasteiger partial charge in [0, 0.05) is 0 Å². The first-order valence-electron chi connectivity index (χ1n) is 5.97. The van der Waals surface area contributed by atoms with Crippen molar-refractivity contribution in [1.82, 2.24) is 0 Å². The van der Waals surface area contributed by atoms with Gasteiger partial charge in [0.25, 0.3) is 0 Å². The monoisotopic (exact) mass is 284 g/mol. The van der Waals surface area contributed by atoms with Crippen LogP contribution in [0, 0.1) is 0 Å². The first-order chi connectivity index (χ1) is 7.58. The predicted molar refractivity (Wildman–Crippen MR) is 69.4 cm³/mol. The second-order valence-electron chi connectivity index (χ2n) is 5.03. The molecule has 88 valence electrons. The fourth-order valence-electron chi connectivity index (χ4n) is 2.25. The summed E-state index contributed by atoms with van der Waals surface area (Å²) in [5.74, 6) is 0. The number of rotatable bonds is 2. The Hall–Kier alpha value is -0.301. The Balaban J connectivity index is 2.05. The molecule has 0 bridgehead atoms. The van der Waals surface area contributed by atoms with Crippen molar-refractivity contribution < 1.29 is 4.74 Å². The summed E-state index contributed by atoms with van der Waals surface area (Å²) in [4.78, 5) is 0.707. The molecular weight excluding hydrogens is 263 g/mol. The fraction of sp³-hybridized carbons (Fsp3) is 0.571. The van der Waals surface area contributed by atoms with Crippen molar-refractivity contribution in [3.8, 4) is 0 Å². The molecule has 0 N–H and O–H groups in total. The Morgan fingerprint density at radius 1 is 1.19 bits per heavy atom. The van der Waals surface area contributed by atoms with Gasteiger partial charge in [-0.05, 0) is 0 Å². The zero-order valence-corrected chi connectivity index (χ0v) is 12.0. The van der Waals surface area contributed by atoms with E-state index in [4.69, 9.17) is 4.74 Å². The topological polar surface area (TPSA) is 9.23 Å². The summed E-state index contributed by atoms with van der Waals surface area (Å²) in [7, 11) is 0. The van der Waals surface area contributed by atoms with E-state index in [9.17, 15) is 0 Å². The average Bonchev–Trinajstić information content (AvgIpc) is 2.23. The molecule has 1 aliphatic heterocycles. The van der Waals surface area contributed by atoms with Gasteiger partial charge in [0.05, 0.1) is 0 Å². The molecule has 1 aliphatic rings. The van der Waals surface area contributed by atoms with Gasteiger partial charge in [0.15, 0.2) is 0 Å². The van der Waals surface area contributed by atoms with E-state index >= 15 is 0 Å². The Morgan fingerprint density at radius 3 is 2.50 bits per heavy atom. The van der Waals surface area contributed by atoms with Crippen LogP contribution >= 0.6 is 0 Å². The molecule has 1 nitrogen and oxygen atoms in total. The van der Waals surface area contributed by atoms with E-state index in [-0.39, 0.29) is 5.60 Å². The van der Waals surface area contributed by atoms with Gasteiger partial charge in [0.2, 0.25) is 0 Å². The predicted octanol–water partition coefficient (Wildman–Crippen LogP) is 2.78. The second kappa shape index (κ2) is 4.91. The molecule has 1 heterocycles. The van der Waals surface area contributed by atoms with E-state index in [0.29, 0.717) is 25.9 Å². The van der Waals surface area contributed by atoms with Gasteiger partial charge < -0.3 is 0 Å². The van der Waals surface area contributed by atoms with Gasteiger partial charge in [-0.3, -0.25) is 0 Å². The molecule has 2 atom stereocenters. The quantitative estimate of drug-likeness (QED) is 0.758. The standard InChI is InChI=1S/C14H20OSe/c1-11-9-10-13(14(2,3)15-11)16-12-7-5-4-6-8-12/h4-8,11,13H,9-10H2,1-3H3. The molecule has 2 unspecified atom stereocenters. The van der Waals surface area contributed by atoms with Crippen LogP contribution in [-0.4, -0.2) is 26.7 Å². The van der Waals surface area contributed by atoms with Crippen LogP contribution in [0.3, 0.4) is 0 Å². The van der Waals surface area contributed by atoms with Crippen LogP contribution in [0.5, 0.6) is 0 Å². The van der Waals surface area contributed by atoms with E-state index in [2.05, 4.69) is 51.1 Å². The second-order valence-corrected chi connectivity index (χ2v) is 7.71. The molecule has 0 radical (unpaired) electrons. The van der Waals surface area contributed by atoms with Gasteiger partial charge in [0.1, 0.15) is 0 Å². The third kappa shape index (κ3) is 2.88. The molecule has 1 aromatic rings. The van der Waals surface area contributed by atoms with Crippen LogP contribution in [0.1, 0.15) is 33.6 Å². The summed E-state index contributed by atoms with van der Waals surface area (Å²) in [6.07, 6.45) is 2.95. The third-order valence-corrected chi connectivity index (χ3v) is 6.56. The maximum absolute atomic E-state index is 6.07. The van der Waals surface area contributed by atoms with Gasteiger partial charge >= 0.3 is 105 Å². The molecule has 1 aromatic carbocycles. The minimum absolute atomic E-state index is 0.0491. The SMILES string of the molecule is CC1CCC([Se]c2ccccc2)C(C)(C)O1. The van der Waals surface area contributed by atoms with Gasteiger partial charge in [-0.15, -0.1) is 0 Å². The van der Waals surface area contributed by atoms with Crippen LogP contribution in [0.15, 0.2) is 30.3 Å². The summed E-state index contributed by atoms with van der Waals surface area (Å²) in [6.45, 7) is 6.68. The van der Waals surface area contributed by atoms with Crippen molar-refractivity contribution >= 4 is 19.4 Å². The van der Waals surface area contributed by atoms with E-state index in [1.165, 1.54) is 17.3 Å². The van der Waals surface area contributed by atoms with Crippen LogP contribution < -0.4 is 4.46 Å². The first kappa shape index (κ1) is 12.2. The Labute approximate surface area is 105 Å². The van der Waals surface area contributed by atoms with Crippen molar-refractivity contribution in [2.24, 2.45) is 0 Å². The van der Waals surface area contributed by atoms with Crippen LogP contribution in [0.25, 0.3) is 0 Å². The zero-order chi connectivity index (χ0) is 11.6. The summed E-state index contributed by atoms with van der Waals surface area (Å²) >= 11 is 0.533. The molecule has 16 heavy (non-hydrogen) atoms. The summed E-state index contributed by atoms with van der Waals surface area (Å²) in [5.41, 5.74) is 0.0491. The molecule has 0 aliphatic carbocycles. The van der Waals surface area contributed by atoms with Crippen molar-refractivity contribution in [3.05, 3.63) is 30.3 Å². The first-order valence-corrected chi connectivity index (χ1v) is 7.82. The zero-order valence-electron chi connectivity index (χ0n) is 10.3. The molecule has 2 rings (SSSR count). The molecule has 0 saturated carbocycles. The summed E-state index contributed by atoms with van der Waals surface area (Å²) < 4.78 is 7.57. The summed E-state index contributed by atoms with van der Waals surface area (Å²) in [5, 5.41) is 0. The number of hydrogen-bond donors (Lipinski definition) is 0. The van der Waals surface area contributed by atoms with Crippen molar-refractivity contribution in [2.45, 2.75) is 50.1 Å². The molecule has 2 heteroatoms. The van der Waals surface area contributed by atoms with E-state index in [1.807, 2.05) is 0 Å². The number of hydrogen-bond acceptors (Lipinski definition) is 1. The van der Waals surface area contributed by atoms with Crippen molar-refractivity contribution in [2.75, 3.05) is 0 Å². The summed E-state index contributed by atoms with van der Waals surface area (Å²) in [6, 6.07) is 10.8. The molecule has 0 spiro atoms. The van der Waals surface area contributed by atoms with Gasteiger partial charge in [-0.2, -0.15) is 0 Å². The van der Waals surface area contributed by atoms with E-state index in [1.54, 1.807) is 0 Å². The molecule has 1 saturated heterocycles. The Kier molecular flexibility index (Phi) is 3.73. The van der Waals surface area contributed by atoms with Gasteiger partial charge in [-0.25, -0.2) is 0 Å². The van der Waals surface area contributed by atoms with Crippen molar-refractivity contribution in [3.63, 3.8) is 0 Å². The normalized spacial score (nSPS) is 28.9. The van der Waals surface area contributed by atoms with Crippen LogP contribution in [0.2, 0.25) is 4.82 Å². The fourth-order valence-corrected chi connectivity index (χ4v) is 4.84. The average molecular weight is 283 g/mol. The third-order valence-electron chi connectivity index (χ3n) is 3.14. The van der Waals surface area contributed by atoms with Gasteiger partial charge in [-0.1, -0.05) is 0 Å². The Morgan fingerprint density at radius 2 is 1.88 bits per heavy atom. The number of ether oxygens (including phenoxy) is 1. The number of benzene rings is 1. The minimum atomic E-state index is 0.0491. The van der Waals surface area contributed by atoms with E-state index in [0.717, 1.165) is 0 Å². The molecule has 1 fully saturated rings. The molecule has 0 amide bonds. The van der Waals surface area contributed by atoms with Crippen LogP contribution in [0.4, 0.5) is 0 Å². The van der Waals surface area contributed by atoms with Crippen molar-refractivity contribution in [1.29, 1.82) is 0 Å². The molecule has 0 aromatic heterocycles. The van der Waals surface area contributed by atoms with Crippen LogP contribution in [-0.2, 0) is 4.74 Å². The van der Waals surface area contributed by atoms with E-state index < -0.39 is 0 Å². The molecular formula is C14H20OSe. The maximum atomic E-state index is 6.07. The Bertz CT molecular complexity index is 334.